The molecule has 1 heterocycles. The van der Waals surface area contributed by atoms with Gasteiger partial charge in [-0.1, -0.05) is 33.8 Å². The van der Waals surface area contributed by atoms with E-state index in [2.05, 4.69) is 34.9 Å². The average molecular weight is 488 g/mol. The largest absolute Gasteiger partial charge is 0.496 e. The SMILES string of the molecule is CNC(=O)CNC(=O)CC(NC(=O)c1cc(-c2c(OC)cccc2OC)n(CC(C)C)n1)C(C)C. The van der Waals surface area contributed by atoms with E-state index >= 15 is 0 Å². The molecule has 2 aromatic rings. The van der Waals surface area contributed by atoms with Crippen molar-refractivity contribution in [3.63, 3.8) is 0 Å². The van der Waals surface area contributed by atoms with E-state index in [4.69, 9.17) is 9.47 Å². The Kier molecular flexibility index (Phi) is 10.1. The van der Waals surface area contributed by atoms with Gasteiger partial charge in [-0.05, 0) is 30.0 Å². The third kappa shape index (κ3) is 7.46. The van der Waals surface area contributed by atoms with E-state index in [1.54, 1.807) is 25.0 Å². The van der Waals surface area contributed by atoms with Crippen LogP contribution in [0.3, 0.4) is 0 Å². The third-order valence-corrected chi connectivity index (χ3v) is 5.49. The van der Waals surface area contributed by atoms with Crippen molar-refractivity contribution >= 4 is 17.7 Å². The summed E-state index contributed by atoms with van der Waals surface area (Å²) in [5, 5.41) is 12.5. The molecule has 1 aromatic carbocycles. The van der Waals surface area contributed by atoms with Crippen LogP contribution in [0, 0.1) is 11.8 Å². The fraction of sp³-hybridized carbons (Fsp3) is 0.520. The standard InChI is InChI=1S/C25H37N5O5/c1-15(2)14-30-19(24-20(34-6)9-8-10-21(24)35-7)11-18(29-30)25(33)28-17(16(3)4)12-22(31)27-13-23(32)26-5/h8-11,15-17H,12-14H2,1-7H3,(H,26,32)(H,27,31)(H,28,33). The van der Waals surface area contributed by atoms with Crippen molar-refractivity contribution in [2.75, 3.05) is 27.8 Å². The van der Waals surface area contributed by atoms with E-state index in [1.165, 1.54) is 7.05 Å². The van der Waals surface area contributed by atoms with Gasteiger partial charge in [0, 0.05) is 26.1 Å². The number of nitrogens with one attached hydrogen (secondary N) is 3. The molecule has 10 heteroatoms. The lowest BCUT2D eigenvalue weighted by molar-refractivity contribution is -0.126. The normalized spacial score (nSPS) is 11.8. The van der Waals surface area contributed by atoms with Gasteiger partial charge in [0.1, 0.15) is 11.5 Å². The van der Waals surface area contributed by atoms with Crippen LogP contribution in [0.5, 0.6) is 11.5 Å². The third-order valence-electron chi connectivity index (χ3n) is 5.49. The van der Waals surface area contributed by atoms with Gasteiger partial charge in [0.05, 0.1) is 32.0 Å². The molecule has 0 bridgehead atoms. The van der Waals surface area contributed by atoms with Crippen LogP contribution in [0.25, 0.3) is 11.3 Å². The molecule has 0 aliphatic carbocycles. The molecule has 192 valence electrons. The Hall–Kier alpha value is -3.56. The summed E-state index contributed by atoms with van der Waals surface area (Å²) in [5.74, 6) is 0.466. The molecule has 0 saturated heterocycles. The molecule has 0 aliphatic heterocycles. The maximum absolute atomic E-state index is 13.2. The molecular weight excluding hydrogens is 450 g/mol. The monoisotopic (exact) mass is 487 g/mol. The molecule has 1 aromatic heterocycles. The highest BCUT2D eigenvalue weighted by molar-refractivity contribution is 5.94. The predicted octanol–water partition coefficient (Wildman–Crippen LogP) is 2.23. The number of methoxy groups -OCH3 is 2. The number of rotatable bonds is 12. The highest BCUT2D eigenvalue weighted by atomic mass is 16.5. The molecule has 3 N–H and O–H groups in total. The fourth-order valence-electron chi connectivity index (χ4n) is 3.55. The van der Waals surface area contributed by atoms with E-state index in [9.17, 15) is 14.4 Å². The number of hydrogen-bond acceptors (Lipinski definition) is 6. The summed E-state index contributed by atoms with van der Waals surface area (Å²) in [5.41, 5.74) is 1.63. The molecule has 0 aliphatic rings. The molecule has 0 saturated carbocycles. The zero-order valence-electron chi connectivity index (χ0n) is 21.6. The molecule has 0 spiro atoms. The first kappa shape index (κ1) is 27.7. The highest BCUT2D eigenvalue weighted by Crippen LogP contribution is 2.38. The highest BCUT2D eigenvalue weighted by Gasteiger charge is 2.25. The number of ether oxygens (including phenoxy) is 2. The van der Waals surface area contributed by atoms with Crippen LogP contribution in [0.4, 0.5) is 0 Å². The lowest BCUT2D eigenvalue weighted by atomic mass is 10.00. The molecule has 0 fully saturated rings. The second-order valence-corrected chi connectivity index (χ2v) is 9.01. The summed E-state index contributed by atoms with van der Waals surface area (Å²) in [4.78, 5) is 36.9. The fourth-order valence-corrected chi connectivity index (χ4v) is 3.55. The Morgan fingerprint density at radius 1 is 1.03 bits per heavy atom. The number of likely N-dealkylation sites (N-methyl/N-ethyl adjacent to an activating group) is 1. The molecule has 3 amide bonds. The Labute approximate surface area is 206 Å². The van der Waals surface area contributed by atoms with Crippen LogP contribution in [-0.4, -0.2) is 61.4 Å². The zero-order chi connectivity index (χ0) is 26.1. The van der Waals surface area contributed by atoms with Gasteiger partial charge in [-0.3, -0.25) is 19.1 Å². The first-order valence-electron chi connectivity index (χ1n) is 11.7. The molecule has 35 heavy (non-hydrogen) atoms. The number of amides is 3. The van der Waals surface area contributed by atoms with E-state index in [1.807, 2.05) is 32.0 Å². The molecule has 0 radical (unpaired) electrons. The minimum Gasteiger partial charge on any atom is -0.496 e. The van der Waals surface area contributed by atoms with Crippen LogP contribution < -0.4 is 25.4 Å². The van der Waals surface area contributed by atoms with Crippen LogP contribution in [-0.2, 0) is 16.1 Å². The molecule has 10 nitrogen and oxygen atoms in total. The molecule has 1 unspecified atom stereocenters. The number of aromatic nitrogens is 2. The summed E-state index contributed by atoms with van der Waals surface area (Å²) in [6, 6.07) is 6.76. The predicted molar refractivity (Wildman–Crippen MR) is 133 cm³/mol. The summed E-state index contributed by atoms with van der Waals surface area (Å²) in [7, 11) is 4.66. The number of hydrogen-bond donors (Lipinski definition) is 3. The number of benzene rings is 1. The van der Waals surface area contributed by atoms with Crippen molar-refractivity contribution in [2.45, 2.75) is 46.7 Å². The quantitative estimate of drug-likeness (QED) is 0.422. The second kappa shape index (κ2) is 12.8. The Morgan fingerprint density at radius 3 is 2.17 bits per heavy atom. The lowest BCUT2D eigenvalue weighted by Crippen LogP contribution is -2.44. The van der Waals surface area contributed by atoms with Crippen LogP contribution >= 0.6 is 0 Å². The number of carbonyl (C=O) groups is 3. The maximum Gasteiger partial charge on any atom is 0.272 e. The van der Waals surface area contributed by atoms with Gasteiger partial charge >= 0.3 is 0 Å². The van der Waals surface area contributed by atoms with Crippen molar-refractivity contribution in [1.82, 2.24) is 25.7 Å². The first-order chi connectivity index (χ1) is 16.6. The van der Waals surface area contributed by atoms with Crippen molar-refractivity contribution < 1.29 is 23.9 Å². The Balaban J connectivity index is 2.33. The van der Waals surface area contributed by atoms with Crippen LogP contribution in [0.1, 0.15) is 44.6 Å². The minimum atomic E-state index is -0.438. The summed E-state index contributed by atoms with van der Waals surface area (Å²) < 4.78 is 12.9. The van der Waals surface area contributed by atoms with E-state index in [-0.39, 0.29) is 48.2 Å². The van der Waals surface area contributed by atoms with Gasteiger partial charge in [0.15, 0.2) is 5.69 Å². The maximum atomic E-state index is 13.2. The number of nitrogens with zero attached hydrogens (tertiary/aromatic N) is 2. The second-order valence-electron chi connectivity index (χ2n) is 9.01. The summed E-state index contributed by atoms with van der Waals surface area (Å²) in [6.07, 6.45) is 0.0420. The number of carbonyl (C=O) groups excluding carboxylic acids is 3. The van der Waals surface area contributed by atoms with E-state index in [0.717, 1.165) is 0 Å². The summed E-state index contributed by atoms with van der Waals surface area (Å²) >= 11 is 0. The van der Waals surface area contributed by atoms with Gasteiger partial charge in [0.25, 0.3) is 5.91 Å². The summed E-state index contributed by atoms with van der Waals surface area (Å²) in [6.45, 7) is 8.43. The van der Waals surface area contributed by atoms with Gasteiger partial charge in [-0.15, -0.1) is 0 Å². The van der Waals surface area contributed by atoms with Gasteiger partial charge in [-0.25, -0.2) is 0 Å². The van der Waals surface area contributed by atoms with E-state index in [0.29, 0.717) is 29.3 Å². The average Bonchev–Trinajstić information content (AvgIpc) is 3.23. The van der Waals surface area contributed by atoms with Crippen molar-refractivity contribution in [2.24, 2.45) is 11.8 Å². The molecule has 2 rings (SSSR count). The van der Waals surface area contributed by atoms with E-state index < -0.39 is 6.04 Å². The smallest absolute Gasteiger partial charge is 0.272 e. The van der Waals surface area contributed by atoms with Crippen molar-refractivity contribution in [1.29, 1.82) is 0 Å². The van der Waals surface area contributed by atoms with Crippen molar-refractivity contribution in [3.8, 4) is 22.8 Å². The Morgan fingerprint density at radius 2 is 1.66 bits per heavy atom. The topological polar surface area (TPSA) is 124 Å². The Bertz CT molecular complexity index is 1010. The molecular formula is C25H37N5O5. The minimum absolute atomic E-state index is 0.0174. The van der Waals surface area contributed by atoms with Gasteiger partial charge in [0.2, 0.25) is 11.8 Å². The molecule has 1 atom stereocenters. The zero-order valence-corrected chi connectivity index (χ0v) is 21.6. The van der Waals surface area contributed by atoms with Crippen LogP contribution in [0.15, 0.2) is 24.3 Å². The van der Waals surface area contributed by atoms with Gasteiger partial charge < -0.3 is 25.4 Å². The lowest BCUT2D eigenvalue weighted by Gasteiger charge is -2.21. The van der Waals surface area contributed by atoms with Crippen LogP contribution in [0.2, 0.25) is 0 Å². The van der Waals surface area contributed by atoms with Gasteiger partial charge in [-0.2, -0.15) is 5.10 Å². The van der Waals surface area contributed by atoms with Crippen molar-refractivity contribution in [3.05, 3.63) is 30.0 Å². The first-order valence-corrected chi connectivity index (χ1v) is 11.7.